The zero-order chi connectivity index (χ0) is 13.6. The van der Waals surface area contributed by atoms with Crippen LogP contribution in [0.5, 0.6) is 0 Å². The van der Waals surface area contributed by atoms with E-state index in [1.54, 1.807) is 13.8 Å². The molecule has 1 heterocycles. The van der Waals surface area contributed by atoms with Crippen LogP contribution in [0.3, 0.4) is 0 Å². The van der Waals surface area contributed by atoms with Crippen molar-refractivity contribution >= 4 is 12.6 Å². The average molecular weight is 256 g/mol. The van der Waals surface area contributed by atoms with Gasteiger partial charge in [-0.1, -0.05) is 24.8 Å². The molecule has 0 unspecified atom stereocenters. The molecular weight excluding hydrogens is 244 g/mol. The lowest BCUT2D eigenvalue weighted by Gasteiger charge is -2.15. The van der Waals surface area contributed by atoms with Crippen LogP contribution in [0.15, 0.2) is 36.6 Å². The molecule has 0 bridgehead atoms. The minimum absolute atomic E-state index is 0.330. The summed E-state index contributed by atoms with van der Waals surface area (Å²) in [5, 5.41) is 0. The molecule has 1 saturated heterocycles. The van der Waals surface area contributed by atoms with Gasteiger partial charge in [-0.3, -0.25) is 0 Å². The molecule has 6 heteroatoms. The molecule has 2 rings (SSSR count). The number of benzene rings is 1. The van der Waals surface area contributed by atoms with Crippen LogP contribution in [-0.4, -0.2) is 12.7 Å². The third kappa shape index (κ3) is 2.38. The summed E-state index contributed by atoms with van der Waals surface area (Å²) < 4.78 is 48.6. The zero-order valence-corrected chi connectivity index (χ0v) is 10.0. The normalized spacial score (nSPS) is 18.9. The Labute approximate surface area is 104 Å². The van der Waals surface area contributed by atoms with Crippen molar-refractivity contribution in [1.82, 2.24) is 0 Å². The summed E-state index contributed by atoms with van der Waals surface area (Å²) in [4.78, 5) is 0. The molecule has 2 nitrogen and oxygen atoms in total. The Morgan fingerprint density at radius 2 is 1.94 bits per heavy atom. The van der Waals surface area contributed by atoms with Gasteiger partial charge in [-0.05, 0) is 25.4 Å². The van der Waals surface area contributed by atoms with Crippen molar-refractivity contribution in [1.29, 1.82) is 0 Å². The van der Waals surface area contributed by atoms with E-state index < -0.39 is 24.5 Å². The third-order valence-electron chi connectivity index (χ3n) is 2.81. The molecular formula is C12H12BF3O2. The highest BCUT2D eigenvalue weighted by Gasteiger charge is 2.43. The summed E-state index contributed by atoms with van der Waals surface area (Å²) in [6, 6.07) is 4.91. The number of halogens is 3. The zero-order valence-electron chi connectivity index (χ0n) is 10.0. The molecule has 1 fully saturated rings. The standard InChI is InChI=1S/C12H12BF3O2/c1-8-11(2,3)18-13(17-8)10-6-4-5-9(7-10)12(14,15)16/h4-7H,1H2,2-3H3. The lowest BCUT2D eigenvalue weighted by molar-refractivity contribution is -0.137. The van der Waals surface area contributed by atoms with E-state index >= 15 is 0 Å². The number of hydrogen-bond acceptors (Lipinski definition) is 2. The fourth-order valence-corrected chi connectivity index (χ4v) is 1.63. The molecule has 0 amide bonds. The Hall–Kier alpha value is -1.43. The van der Waals surface area contributed by atoms with Crippen LogP contribution >= 0.6 is 0 Å². The summed E-state index contributed by atoms with van der Waals surface area (Å²) in [7, 11) is -0.838. The van der Waals surface area contributed by atoms with Crippen molar-refractivity contribution < 1.29 is 22.5 Å². The molecule has 1 aromatic carbocycles. The molecule has 0 saturated carbocycles. The Balaban J connectivity index is 2.29. The Kier molecular flexibility index (Phi) is 2.93. The van der Waals surface area contributed by atoms with Crippen LogP contribution in [0.1, 0.15) is 19.4 Å². The molecule has 0 N–H and O–H groups in total. The van der Waals surface area contributed by atoms with Gasteiger partial charge in [0.05, 0.1) is 11.3 Å². The fourth-order valence-electron chi connectivity index (χ4n) is 1.63. The smallest absolute Gasteiger partial charge is 0.534 e. The second-order valence-corrected chi connectivity index (χ2v) is 4.62. The van der Waals surface area contributed by atoms with Crippen molar-refractivity contribution in [3.63, 3.8) is 0 Å². The first-order valence-electron chi connectivity index (χ1n) is 5.41. The summed E-state index contributed by atoms with van der Waals surface area (Å²) >= 11 is 0. The Morgan fingerprint density at radius 1 is 1.28 bits per heavy atom. The van der Waals surface area contributed by atoms with Crippen LogP contribution < -0.4 is 5.46 Å². The molecule has 1 aliphatic heterocycles. The quantitative estimate of drug-likeness (QED) is 0.719. The van der Waals surface area contributed by atoms with E-state index in [0.717, 1.165) is 12.1 Å². The van der Waals surface area contributed by atoms with Gasteiger partial charge in [-0.2, -0.15) is 13.2 Å². The minimum atomic E-state index is -4.37. The van der Waals surface area contributed by atoms with Gasteiger partial charge in [0.15, 0.2) is 0 Å². The van der Waals surface area contributed by atoms with Crippen molar-refractivity contribution in [2.24, 2.45) is 0 Å². The molecule has 0 atom stereocenters. The second-order valence-electron chi connectivity index (χ2n) is 4.62. The number of rotatable bonds is 1. The first kappa shape index (κ1) is 13.0. The van der Waals surface area contributed by atoms with Gasteiger partial charge in [0.25, 0.3) is 0 Å². The van der Waals surface area contributed by atoms with Crippen molar-refractivity contribution in [3.8, 4) is 0 Å². The van der Waals surface area contributed by atoms with Gasteiger partial charge in [0.2, 0.25) is 0 Å². The molecule has 1 aromatic rings. The summed E-state index contributed by atoms with van der Waals surface area (Å²) in [6.07, 6.45) is -4.37. The second kappa shape index (κ2) is 4.05. The van der Waals surface area contributed by atoms with E-state index in [-0.39, 0.29) is 0 Å². The SMILES string of the molecule is C=C1OB(c2cccc(C(F)(F)F)c2)OC1(C)C. The Morgan fingerprint density at radius 3 is 2.44 bits per heavy atom. The molecule has 0 aliphatic carbocycles. The van der Waals surface area contributed by atoms with Crippen LogP contribution in [0.4, 0.5) is 13.2 Å². The number of hydrogen-bond donors (Lipinski definition) is 0. The largest absolute Gasteiger partial charge is 0.563 e. The van der Waals surface area contributed by atoms with Gasteiger partial charge in [-0.15, -0.1) is 0 Å². The lowest BCUT2D eigenvalue weighted by Crippen LogP contribution is -2.35. The lowest BCUT2D eigenvalue weighted by atomic mass is 9.78. The number of alkyl halides is 3. The van der Waals surface area contributed by atoms with Crippen molar-refractivity contribution in [2.75, 3.05) is 0 Å². The van der Waals surface area contributed by atoms with E-state index in [9.17, 15) is 13.2 Å². The molecule has 0 aromatic heterocycles. The maximum Gasteiger partial charge on any atom is 0.563 e. The first-order valence-corrected chi connectivity index (χ1v) is 5.41. The highest BCUT2D eigenvalue weighted by molar-refractivity contribution is 6.62. The van der Waals surface area contributed by atoms with E-state index in [1.165, 1.54) is 12.1 Å². The molecule has 0 radical (unpaired) electrons. The van der Waals surface area contributed by atoms with Gasteiger partial charge in [0, 0.05) is 0 Å². The summed E-state index contributed by atoms with van der Waals surface area (Å²) in [6.45, 7) is 7.19. The van der Waals surface area contributed by atoms with Crippen LogP contribution in [0.25, 0.3) is 0 Å². The molecule has 18 heavy (non-hydrogen) atoms. The molecule has 96 valence electrons. The van der Waals surface area contributed by atoms with Gasteiger partial charge in [0.1, 0.15) is 5.60 Å². The topological polar surface area (TPSA) is 18.5 Å². The minimum Gasteiger partial charge on any atom is -0.534 e. The van der Waals surface area contributed by atoms with Crippen molar-refractivity contribution in [2.45, 2.75) is 25.6 Å². The summed E-state index contributed by atoms with van der Waals surface area (Å²) in [5.41, 5.74) is -1.09. The maximum absolute atomic E-state index is 12.6. The average Bonchev–Trinajstić information content (AvgIpc) is 2.53. The van der Waals surface area contributed by atoms with Crippen molar-refractivity contribution in [3.05, 3.63) is 42.2 Å². The van der Waals surface area contributed by atoms with Gasteiger partial charge < -0.3 is 9.31 Å². The first-order chi connectivity index (χ1) is 8.20. The summed E-state index contributed by atoms with van der Waals surface area (Å²) in [5.74, 6) is 0.407. The van der Waals surface area contributed by atoms with E-state index in [2.05, 4.69) is 6.58 Å². The Bertz CT molecular complexity index is 482. The predicted octanol–water partition coefficient (Wildman–Crippen LogP) is 2.74. The predicted molar refractivity (Wildman–Crippen MR) is 62.2 cm³/mol. The van der Waals surface area contributed by atoms with E-state index in [0.29, 0.717) is 11.2 Å². The highest BCUT2D eigenvalue weighted by Crippen LogP contribution is 2.31. The van der Waals surface area contributed by atoms with Gasteiger partial charge in [-0.25, -0.2) is 0 Å². The van der Waals surface area contributed by atoms with E-state index in [1.807, 2.05) is 0 Å². The highest BCUT2D eigenvalue weighted by atomic mass is 19.4. The fraction of sp³-hybridized carbons (Fsp3) is 0.333. The van der Waals surface area contributed by atoms with E-state index in [4.69, 9.17) is 9.31 Å². The van der Waals surface area contributed by atoms with Crippen LogP contribution in [0, 0.1) is 0 Å². The third-order valence-corrected chi connectivity index (χ3v) is 2.81. The molecule has 1 aliphatic rings. The maximum atomic E-state index is 12.6. The van der Waals surface area contributed by atoms with Gasteiger partial charge >= 0.3 is 13.3 Å². The van der Waals surface area contributed by atoms with Crippen LogP contribution in [-0.2, 0) is 15.5 Å². The molecule has 0 spiro atoms. The van der Waals surface area contributed by atoms with Crippen LogP contribution in [0.2, 0.25) is 0 Å². The monoisotopic (exact) mass is 256 g/mol.